The SMILES string of the molecule is C=CCCCNC(=O)CCC(=O)OC. The standard InChI is InChI=1S/C10H17NO3/c1-3-4-5-8-11-9(12)6-7-10(13)14-2/h3H,1,4-8H2,2H3,(H,11,12). The Balaban J connectivity index is 3.36. The first-order valence-electron chi connectivity index (χ1n) is 4.65. The van der Waals surface area contributed by atoms with Crippen molar-refractivity contribution in [3.05, 3.63) is 12.7 Å². The molecule has 0 aromatic rings. The van der Waals surface area contributed by atoms with E-state index in [9.17, 15) is 9.59 Å². The third-order valence-corrected chi connectivity index (χ3v) is 1.69. The van der Waals surface area contributed by atoms with Crippen LogP contribution < -0.4 is 5.32 Å². The molecule has 1 amide bonds. The summed E-state index contributed by atoms with van der Waals surface area (Å²) < 4.78 is 4.41. The van der Waals surface area contributed by atoms with Crippen molar-refractivity contribution in [2.24, 2.45) is 0 Å². The molecule has 0 aromatic heterocycles. The van der Waals surface area contributed by atoms with E-state index >= 15 is 0 Å². The van der Waals surface area contributed by atoms with E-state index < -0.39 is 0 Å². The molecule has 0 saturated carbocycles. The highest BCUT2D eigenvalue weighted by atomic mass is 16.5. The number of carbonyl (C=O) groups is 2. The molecule has 0 aliphatic heterocycles. The van der Waals surface area contributed by atoms with Crippen LogP contribution in [0.5, 0.6) is 0 Å². The van der Waals surface area contributed by atoms with E-state index in [2.05, 4.69) is 16.6 Å². The number of carbonyl (C=O) groups excluding carboxylic acids is 2. The van der Waals surface area contributed by atoms with E-state index in [1.807, 2.05) is 0 Å². The van der Waals surface area contributed by atoms with Crippen molar-refractivity contribution in [1.29, 1.82) is 0 Å². The highest BCUT2D eigenvalue weighted by molar-refractivity contribution is 5.81. The average Bonchev–Trinajstić information content (AvgIpc) is 2.21. The zero-order valence-electron chi connectivity index (χ0n) is 8.54. The molecular weight excluding hydrogens is 182 g/mol. The molecule has 0 aromatic carbocycles. The number of methoxy groups -OCH3 is 1. The minimum Gasteiger partial charge on any atom is -0.469 e. The van der Waals surface area contributed by atoms with Crippen LogP contribution in [0.1, 0.15) is 25.7 Å². The normalized spacial score (nSPS) is 9.21. The van der Waals surface area contributed by atoms with Gasteiger partial charge in [-0.05, 0) is 12.8 Å². The molecule has 0 spiro atoms. The van der Waals surface area contributed by atoms with Crippen LogP contribution in [0.25, 0.3) is 0 Å². The lowest BCUT2D eigenvalue weighted by molar-refractivity contribution is -0.142. The van der Waals surface area contributed by atoms with Crippen LogP contribution in [0.15, 0.2) is 12.7 Å². The Labute approximate surface area is 84.3 Å². The molecule has 0 fully saturated rings. The van der Waals surface area contributed by atoms with Gasteiger partial charge in [0.2, 0.25) is 5.91 Å². The second-order valence-electron chi connectivity index (χ2n) is 2.86. The van der Waals surface area contributed by atoms with Gasteiger partial charge in [0, 0.05) is 13.0 Å². The summed E-state index contributed by atoms with van der Waals surface area (Å²) in [4.78, 5) is 21.8. The van der Waals surface area contributed by atoms with E-state index in [-0.39, 0.29) is 24.7 Å². The number of amides is 1. The smallest absolute Gasteiger partial charge is 0.306 e. The maximum absolute atomic E-state index is 11.1. The molecule has 0 rings (SSSR count). The van der Waals surface area contributed by atoms with Crippen molar-refractivity contribution in [1.82, 2.24) is 5.32 Å². The molecule has 0 atom stereocenters. The number of hydrogen-bond donors (Lipinski definition) is 1. The van der Waals surface area contributed by atoms with Gasteiger partial charge < -0.3 is 10.1 Å². The first-order chi connectivity index (χ1) is 6.70. The predicted molar refractivity (Wildman–Crippen MR) is 53.7 cm³/mol. The van der Waals surface area contributed by atoms with Crippen molar-refractivity contribution in [3.8, 4) is 0 Å². The van der Waals surface area contributed by atoms with Crippen molar-refractivity contribution in [2.45, 2.75) is 25.7 Å². The van der Waals surface area contributed by atoms with Gasteiger partial charge in [-0.15, -0.1) is 6.58 Å². The van der Waals surface area contributed by atoms with Crippen LogP contribution in [-0.4, -0.2) is 25.5 Å². The number of hydrogen-bond acceptors (Lipinski definition) is 3. The van der Waals surface area contributed by atoms with Crippen LogP contribution in [0.2, 0.25) is 0 Å². The summed E-state index contributed by atoms with van der Waals surface area (Å²) >= 11 is 0. The zero-order chi connectivity index (χ0) is 10.8. The molecule has 0 bridgehead atoms. The maximum Gasteiger partial charge on any atom is 0.306 e. The van der Waals surface area contributed by atoms with Crippen molar-refractivity contribution in [2.75, 3.05) is 13.7 Å². The quantitative estimate of drug-likeness (QED) is 0.378. The number of allylic oxidation sites excluding steroid dienone is 1. The predicted octanol–water partition coefficient (Wildman–Crippen LogP) is 1.02. The van der Waals surface area contributed by atoms with E-state index in [0.29, 0.717) is 6.54 Å². The Morgan fingerprint density at radius 3 is 2.71 bits per heavy atom. The fourth-order valence-electron chi connectivity index (χ4n) is 0.880. The number of unbranched alkanes of at least 4 members (excludes halogenated alkanes) is 1. The summed E-state index contributed by atoms with van der Waals surface area (Å²) in [5.74, 6) is -0.467. The molecule has 1 N–H and O–H groups in total. The second kappa shape index (κ2) is 8.29. The fraction of sp³-hybridized carbons (Fsp3) is 0.600. The lowest BCUT2D eigenvalue weighted by Crippen LogP contribution is -2.24. The van der Waals surface area contributed by atoms with Crippen LogP contribution >= 0.6 is 0 Å². The number of nitrogens with one attached hydrogen (secondary N) is 1. The Bertz CT molecular complexity index is 202. The summed E-state index contributed by atoms with van der Waals surface area (Å²) in [5.41, 5.74) is 0. The molecule has 80 valence electrons. The van der Waals surface area contributed by atoms with Crippen molar-refractivity contribution >= 4 is 11.9 Å². The van der Waals surface area contributed by atoms with Gasteiger partial charge in [-0.3, -0.25) is 9.59 Å². The molecule has 0 unspecified atom stereocenters. The van der Waals surface area contributed by atoms with Gasteiger partial charge in [0.25, 0.3) is 0 Å². The zero-order valence-corrected chi connectivity index (χ0v) is 8.54. The molecule has 4 nitrogen and oxygen atoms in total. The summed E-state index contributed by atoms with van der Waals surface area (Å²) in [7, 11) is 1.31. The van der Waals surface area contributed by atoms with Gasteiger partial charge in [-0.2, -0.15) is 0 Å². The highest BCUT2D eigenvalue weighted by Gasteiger charge is 2.05. The molecule has 0 heterocycles. The Hall–Kier alpha value is -1.32. The molecule has 0 aliphatic rings. The first kappa shape index (κ1) is 12.7. The van der Waals surface area contributed by atoms with Gasteiger partial charge >= 0.3 is 5.97 Å². The van der Waals surface area contributed by atoms with Crippen LogP contribution in [0, 0.1) is 0 Å². The summed E-state index contributed by atoms with van der Waals surface area (Å²) in [6.45, 7) is 4.21. The molecule has 0 radical (unpaired) electrons. The third-order valence-electron chi connectivity index (χ3n) is 1.69. The maximum atomic E-state index is 11.1. The van der Waals surface area contributed by atoms with E-state index in [1.165, 1.54) is 7.11 Å². The molecule has 0 aliphatic carbocycles. The van der Waals surface area contributed by atoms with Gasteiger partial charge in [-0.25, -0.2) is 0 Å². The highest BCUT2D eigenvalue weighted by Crippen LogP contribution is 1.92. The Morgan fingerprint density at radius 1 is 1.43 bits per heavy atom. The Morgan fingerprint density at radius 2 is 2.14 bits per heavy atom. The number of esters is 1. The second-order valence-corrected chi connectivity index (χ2v) is 2.86. The largest absolute Gasteiger partial charge is 0.469 e. The van der Waals surface area contributed by atoms with Crippen LogP contribution in [-0.2, 0) is 14.3 Å². The van der Waals surface area contributed by atoms with E-state index in [4.69, 9.17) is 0 Å². The van der Waals surface area contributed by atoms with Gasteiger partial charge in [0.15, 0.2) is 0 Å². The van der Waals surface area contributed by atoms with E-state index in [0.717, 1.165) is 12.8 Å². The van der Waals surface area contributed by atoms with Crippen LogP contribution in [0.3, 0.4) is 0 Å². The lowest BCUT2D eigenvalue weighted by Gasteiger charge is -2.02. The Kier molecular flexibility index (Phi) is 7.50. The van der Waals surface area contributed by atoms with E-state index in [1.54, 1.807) is 6.08 Å². The average molecular weight is 199 g/mol. The monoisotopic (exact) mass is 199 g/mol. The minimum absolute atomic E-state index is 0.112. The summed E-state index contributed by atoms with van der Waals surface area (Å²) in [6, 6.07) is 0. The van der Waals surface area contributed by atoms with Gasteiger partial charge in [-0.1, -0.05) is 6.08 Å². The van der Waals surface area contributed by atoms with Gasteiger partial charge in [0.05, 0.1) is 13.5 Å². The fourth-order valence-corrected chi connectivity index (χ4v) is 0.880. The number of ether oxygens (including phenoxy) is 1. The number of rotatable bonds is 7. The lowest BCUT2D eigenvalue weighted by atomic mass is 10.2. The molecule has 0 saturated heterocycles. The first-order valence-corrected chi connectivity index (χ1v) is 4.65. The summed E-state index contributed by atoms with van der Waals surface area (Å²) in [5, 5.41) is 2.70. The van der Waals surface area contributed by atoms with Gasteiger partial charge in [0.1, 0.15) is 0 Å². The minimum atomic E-state index is -0.355. The topological polar surface area (TPSA) is 55.4 Å². The molecule has 14 heavy (non-hydrogen) atoms. The van der Waals surface area contributed by atoms with Crippen molar-refractivity contribution < 1.29 is 14.3 Å². The van der Waals surface area contributed by atoms with Crippen LogP contribution in [0.4, 0.5) is 0 Å². The molecule has 4 heteroatoms. The molecular formula is C10H17NO3. The summed E-state index contributed by atoms with van der Waals surface area (Å²) in [6.07, 6.45) is 3.91. The van der Waals surface area contributed by atoms with Crippen molar-refractivity contribution in [3.63, 3.8) is 0 Å². The third kappa shape index (κ3) is 7.34.